The summed E-state index contributed by atoms with van der Waals surface area (Å²) in [5.74, 6) is -0.211. The summed E-state index contributed by atoms with van der Waals surface area (Å²) >= 11 is 1.35. The lowest BCUT2D eigenvalue weighted by atomic mass is 9.87. The highest BCUT2D eigenvalue weighted by Crippen LogP contribution is 2.36. The molecule has 1 N–H and O–H groups in total. The molecule has 0 aromatic heterocycles. The van der Waals surface area contributed by atoms with Crippen LogP contribution in [0.25, 0.3) is 0 Å². The molecule has 1 heterocycles. The minimum atomic E-state index is -0.542. The molecule has 0 bridgehead atoms. The number of likely N-dealkylation sites (N-methyl/N-ethyl adjacent to an activating group) is 1. The normalized spacial score (nSPS) is 24.5. The molecule has 1 fully saturated rings. The molecule has 1 aromatic rings. The Kier molecular flexibility index (Phi) is 6.42. The lowest BCUT2D eigenvalue weighted by molar-refractivity contribution is -0.152. The van der Waals surface area contributed by atoms with Gasteiger partial charge in [0.1, 0.15) is 0 Å². The van der Waals surface area contributed by atoms with Gasteiger partial charge in [-0.15, -0.1) is 11.8 Å². The first-order valence-corrected chi connectivity index (χ1v) is 10.3. The van der Waals surface area contributed by atoms with Crippen molar-refractivity contribution in [1.82, 2.24) is 4.90 Å². The number of ether oxygens (including phenoxy) is 1. The van der Waals surface area contributed by atoms with Gasteiger partial charge in [-0.3, -0.25) is 14.4 Å². The van der Waals surface area contributed by atoms with Crippen LogP contribution in [0.3, 0.4) is 0 Å². The largest absolute Gasteiger partial charge is 0.456 e. The second-order valence-electron chi connectivity index (χ2n) is 7.38. The predicted octanol–water partition coefficient (Wildman–Crippen LogP) is 3.07. The maximum absolute atomic E-state index is 12.3. The maximum atomic E-state index is 12.3. The molecular weight excluding hydrogens is 364 g/mol. The van der Waals surface area contributed by atoms with E-state index in [9.17, 15) is 14.4 Å². The summed E-state index contributed by atoms with van der Waals surface area (Å²) in [6.07, 6.45) is 4.18. The van der Waals surface area contributed by atoms with Gasteiger partial charge in [0.15, 0.2) is 6.61 Å². The van der Waals surface area contributed by atoms with Gasteiger partial charge < -0.3 is 15.0 Å². The molecule has 6 nitrogen and oxygen atoms in total. The first-order chi connectivity index (χ1) is 12.9. The summed E-state index contributed by atoms with van der Waals surface area (Å²) < 4.78 is 5.15. The number of para-hydroxylation sites is 1. The second-order valence-corrected chi connectivity index (χ2v) is 8.62. The van der Waals surface area contributed by atoms with Crippen LogP contribution < -0.4 is 5.32 Å². The Morgan fingerprint density at radius 1 is 1.22 bits per heavy atom. The van der Waals surface area contributed by atoms with Gasteiger partial charge in [-0.2, -0.15) is 0 Å². The third kappa shape index (κ3) is 5.03. The highest BCUT2D eigenvalue weighted by Gasteiger charge is 2.30. The molecule has 1 aliphatic carbocycles. The van der Waals surface area contributed by atoms with Crippen molar-refractivity contribution in [2.75, 3.05) is 19.0 Å². The van der Waals surface area contributed by atoms with Crippen LogP contribution in [-0.4, -0.2) is 47.6 Å². The van der Waals surface area contributed by atoms with Crippen LogP contribution in [0, 0.1) is 5.92 Å². The Balaban J connectivity index is 1.45. The number of nitrogens with one attached hydrogen (secondary N) is 1. The van der Waals surface area contributed by atoms with Crippen molar-refractivity contribution < 1.29 is 19.1 Å². The van der Waals surface area contributed by atoms with Crippen LogP contribution >= 0.6 is 11.8 Å². The predicted molar refractivity (Wildman–Crippen MR) is 104 cm³/mol. The number of carbonyl (C=O) groups excluding carboxylic acids is 3. The molecule has 1 aliphatic heterocycles. The number of hydrogen-bond acceptors (Lipinski definition) is 5. The van der Waals surface area contributed by atoms with Gasteiger partial charge in [-0.1, -0.05) is 19.1 Å². The molecular formula is C20H26N2O4S. The van der Waals surface area contributed by atoms with E-state index >= 15 is 0 Å². The van der Waals surface area contributed by atoms with E-state index in [2.05, 4.69) is 12.2 Å². The van der Waals surface area contributed by atoms with Gasteiger partial charge in [0.05, 0.1) is 17.4 Å². The fourth-order valence-corrected chi connectivity index (χ4v) is 4.61. The third-order valence-electron chi connectivity index (χ3n) is 5.34. The first kappa shape index (κ1) is 19.7. The summed E-state index contributed by atoms with van der Waals surface area (Å²) in [5, 5.41) is 2.26. The monoisotopic (exact) mass is 390 g/mol. The number of rotatable bonds is 5. The van der Waals surface area contributed by atoms with Crippen LogP contribution in [0.4, 0.5) is 5.69 Å². The van der Waals surface area contributed by atoms with Crippen molar-refractivity contribution >= 4 is 35.2 Å². The van der Waals surface area contributed by atoms with E-state index in [1.165, 1.54) is 11.8 Å². The van der Waals surface area contributed by atoms with E-state index < -0.39 is 11.2 Å². The number of anilines is 1. The minimum absolute atomic E-state index is 0.0528. The molecule has 3 rings (SSSR count). The van der Waals surface area contributed by atoms with Gasteiger partial charge in [0.2, 0.25) is 5.91 Å². The molecule has 2 amide bonds. The zero-order valence-corrected chi connectivity index (χ0v) is 16.6. The fraction of sp³-hybridized carbons (Fsp3) is 0.550. The molecule has 2 aliphatic rings. The molecule has 0 saturated heterocycles. The van der Waals surface area contributed by atoms with E-state index in [4.69, 9.17) is 4.74 Å². The van der Waals surface area contributed by atoms with Crippen molar-refractivity contribution in [1.29, 1.82) is 0 Å². The number of nitrogens with zero attached hydrogens (tertiary/aromatic N) is 1. The number of esters is 1. The van der Waals surface area contributed by atoms with E-state index in [1.807, 2.05) is 24.3 Å². The smallest absolute Gasteiger partial charge is 0.307 e. The SMILES string of the molecule is CC1CCC(N(C)C(=O)COC(=O)CC2Sc3ccccc3NC2=O)CC1. The molecule has 1 saturated carbocycles. The van der Waals surface area contributed by atoms with E-state index in [-0.39, 0.29) is 30.9 Å². The third-order valence-corrected chi connectivity index (χ3v) is 6.62. The van der Waals surface area contributed by atoms with Gasteiger partial charge in [0.25, 0.3) is 5.91 Å². The molecule has 1 atom stereocenters. The summed E-state index contributed by atoms with van der Waals surface area (Å²) in [5.41, 5.74) is 0.760. The fourth-order valence-electron chi connectivity index (χ4n) is 3.51. The highest BCUT2D eigenvalue weighted by molar-refractivity contribution is 8.01. The van der Waals surface area contributed by atoms with Crippen molar-refractivity contribution in [2.45, 2.75) is 55.2 Å². The molecule has 7 heteroatoms. The number of hydrogen-bond donors (Lipinski definition) is 1. The number of amides is 2. The number of benzene rings is 1. The van der Waals surface area contributed by atoms with Crippen LogP contribution in [0.1, 0.15) is 39.0 Å². The summed E-state index contributed by atoms with van der Waals surface area (Å²) in [6.45, 7) is 1.97. The van der Waals surface area contributed by atoms with Crippen LogP contribution in [0.15, 0.2) is 29.2 Å². The molecule has 1 aromatic carbocycles. The topological polar surface area (TPSA) is 75.7 Å². The van der Waals surface area contributed by atoms with Crippen molar-refractivity contribution in [3.8, 4) is 0 Å². The van der Waals surface area contributed by atoms with Gasteiger partial charge in [-0.05, 0) is 43.7 Å². The quantitative estimate of drug-likeness (QED) is 0.782. The summed E-state index contributed by atoms with van der Waals surface area (Å²) in [7, 11) is 1.78. The number of thioether (sulfide) groups is 1. The van der Waals surface area contributed by atoms with Crippen LogP contribution in [-0.2, 0) is 19.1 Å². The Bertz CT molecular complexity index is 716. The lowest BCUT2D eigenvalue weighted by Crippen LogP contribution is -2.41. The van der Waals surface area contributed by atoms with Crippen molar-refractivity contribution in [3.63, 3.8) is 0 Å². The lowest BCUT2D eigenvalue weighted by Gasteiger charge is -2.33. The number of fused-ring (bicyclic) bond motifs is 1. The zero-order valence-electron chi connectivity index (χ0n) is 15.8. The van der Waals surface area contributed by atoms with Crippen LogP contribution in [0.2, 0.25) is 0 Å². The Hall–Kier alpha value is -2.02. The minimum Gasteiger partial charge on any atom is -0.456 e. The maximum Gasteiger partial charge on any atom is 0.307 e. The van der Waals surface area contributed by atoms with Crippen LogP contribution in [0.5, 0.6) is 0 Å². The molecule has 1 unspecified atom stereocenters. The van der Waals surface area contributed by atoms with Gasteiger partial charge in [0, 0.05) is 18.0 Å². The Labute approximate surface area is 164 Å². The van der Waals surface area contributed by atoms with Crippen molar-refractivity contribution in [2.24, 2.45) is 5.92 Å². The Morgan fingerprint density at radius 3 is 2.67 bits per heavy atom. The Morgan fingerprint density at radius 2 is 1.93 bits per heavy atom. The standard InChI is InChI=1S/C20H26N2O4S/c1-13-7-9-14(10-8-13)22(2)18(23)12-26-19(24)11-17-20(25)21-15-5-3-4-6-16(15)27-17/h3-6,13-14,17H,7-12H2,1-2H3,(H,21,25). The van der Waals surface area contributed by atoms with E-state index in [0.717, 1.165) is 36.3 Å². The molecule has 0 radical (unpaired) electrons. The average Bonchev–Trinajstić information content (AvgIpc) is 2.66. The zero-order chi connectivity index (χ0) is 19.4. The van der Waals surface area contributed by atoms with Gasteiger partial charge in [-0.25, -0.2) is 0 Å². The summed E-state index contributed by atoms with van der Waals surface area (Å²) in [6, 6.07) is 7.70. The second kappa shape index (κ2) is 8.78. The van der Waals surface area contributed by atoms with Gasteiger partial charge >= 0.3 is 5.97 Å². The average molecular weight is 391 g/mol. The number of carbonyl (C=O) groups is 3. The van der Waals surface area contributed by atoms with Crippen molar-refractivity contribution in [3.05, 3.63) is 24.3 Å². The van der Waals surface area contributed by atoms with E-state index in [1.54, 1.807) is 11.9 Å². The molecule has 146 valence electrons. The summed E-state index contributed by atoms with van der Waals surface area (Å²) in [4.78, 5) is 39.2. The molecule has 0 spiro atoms. The van der Waals surface area contributed by atoms with E-state index in [0.29, 0.717) is 5.92 Å². The highest BCUT2D eigenvalue weighted by atomic mass is 32.2. The first-order valence-electron chi connectivity index (χ1n) is 9.42. The molecule has 27 heavy (non-hydrogen) atoms.